The minimum absolute atomic E-state index is 0.137. The van der Waals surface area contributed by atoms with E-state index in [0.717, 1.165) is 32.4 Å². The molecule has 0 aromatic heterocycles. The summed E-state index contributed by atoms with van der Waals surface area (Å²) in [6, 6.07) is 4.36. The van der Waals surface area contributed by atoms with E-state index in [1.165, 1.54) is 12.1 Å². The molecule has 0 radical (unpaired) electrons. The molecular weight excluding hydrogens is 249 g/mol. The second-order valence-corrected chi connectivity index (χ2v) is 5.32. The molecule has 2 nitrogen and oxygen atoms in total. The molecule has 98 valence electrons. The van der Waals surface area contributed by atoms with Gasteiger partial charge >= 0.3 is 0 Å². The Kier molecular flexibility index (Phi) is 4.27. The monoisotopic (exact) mass is 267 g/mol. The summed E-state index contributed by atoms with van der Waals surface area (Å²) in [5.74, 6) is 0.0310. The maximum atomic E-state index is 13.6. The normalized spacial score (nSPS) is 16.9. The molecule has 2 rings (SSSR count). The van der Waals surface area contributed by atoms with Gasteiger partial charge in [-0.2, -0.15) is 0 Å². The van der Waals surface area contributed by atoms with Gasteiger partial charge in [-0.25, -0.2) is 4.39 Å². The van der Waals surface area contributed by atoms with Crippen molar-refractivity contribution in [2.75, 3.05) is 13.1 Å². The standard InChI is InChI=1S/C14H18FNOS/c1-2-10-5-7-16(8-6-10)14(17)12-9-11(18)3-4-13(12)15/h3-4,9-10,18H,2,5-8H2,1H3. The molecule has 0 atom stereocenters. The molecule has 0 unspecified atom stereocenters. The molecule has 1 aliphatic heterocycles. The molecular formula is C14H18FNOS. The number of thiol groups is 1. The van der Waals surface area contributed by atoms with Crippen molar-refractivity contribution in [1.82, 2.24) is 4.90 Å². The fourth-order valence-electron chi connectivity index (χ4n) is 2.39. The van der Waals surface area contributed by atoms with Crippen LogP contribution in [0.4, 0.5) is 4.39 Å². The number of halogens is 1. The van der Waals surface area contributed by atoms with E-state index in [1.54, 1.807) is 11.0 Å². The van der Waals surface area contributed by atoms with Crippen LogP contribution in [0.5, 0.6) is 0 Å². The number of rotatable bonds is 2. The van der Waals surface area contributed by atoms with Crippen LogP contribution in [-0.4, -0.2) is 23.9 Å². The number of likely N-dealkylation sites (tertiary alicyclic amines) is 1. The van der Waals surface area contributed by atoms with E-state index < -0.39 is 5.82 Å². The summed E-state index contributed by atoms with van der Waals surface area (Å²) in [6.45, 7) is 3.63. The zero-order chi connectivity index (χ0) is 13.1. The molecule has 1 fully saturated rings. The summed E-state index contributed by atoms with van der Waals surface area (Å²) in [6.07, 6.45) is 3.19. The van der Waals surface area contributed by atoms with Crippen LogP contribution in [0.3, 0.4) is 0 Å². The second-order valence-electron chi connectivity index (χ2n) is 4.81. The quantitative estimate of drug-likeness (QED) is 0.815. The third kappa shape index (κ3) is 2.86. The van der Waals surface area contributed by atoms with Crippen molar-refractivity contribution in [1.29, 1.82) is 0 Å². The number of hydrogen-bond acceptors (Lipinski definition) is 2. The van der Waals surface area contributed by atoms with Gasteiger partial charge in [0.25, 0.3) is 5.91 Å². The van der Waals surface area contributed by atoms with E-state index in [1.807, 2.05) is 0 Å². The molecule has 0 aliphatic carbocycles. The van der Waals surface area contributed by atoms with Gasteiger partial charge in [-0.1, -0.05) is 13.3 Å². The van der Waals surface area contributed by atoms with Crippen LogP contribution < -0.4 is 0 Å². The summed E-state index contributed by atoms with van der Waals surface area (Å²) >= 11 is 4.15. The summed E-state index contributed by atoms with van der Waals surface area (Å²) in [5, 5.41) is 0. The summed E-state index contributed by atoms with van der Waals surface area (Å²) < 4.78 is 13.6. The Morgan fingerprint density at radius 2 is 2.11 bits per heavy atom. The Hall–Kier alpha value is -1.03. The molecule has 1 aromatic rings. The Morgan fingerprint density at radius 1 is 1.44 bits per heavy atom. The van der Waals surface area contributed by atoms with Crippen LogP contribution >= 0.6 is 12.6 Å². The number of nitrogens with zero attached hydrogens (tertiary/aromatic N) is 1. The van der Waals surface area contributed by atoms with Crippen LogP contribution in [0.25, 0.3) is 0 Å². The van der Waals surface area contributed by atoms with E-state index in [4.69, 9.17) is 0 Å². The van der Waals surface area contributed by atoms with Crippen molar-refractivity contribution < 1.29 is 9.18 Å². The topological polar surface area (TPSA) is 20.3 Å². The first kappa shape index (κ1) is 13.4. The van der Waals surface area contributed by atoms with E-state index >= 15 is 0 Å². The molecule has 18 heavy (non-hydrogen) atoms. The highest BCUT2D eigenvalue weighted by Crippen LogP contribution is 2.23. The molecule has 0 spiro atoms. The first-order valence-electron chi connectivity index (χ1n) is 6.39. The predicted octanol–water partition coefficient (Wildman–Crippen LogP) is 3.38. The maximum absolute atomic E-state index is 13.6. The van der Waals surface area contributed by atoms with E-state index in [0.29, 0.717) is 10.8 Å². The lowest BCUT2D eigenvalue weighted by Crippen LogP contribution is -2.38. The molecule has 1 aliphatic rings. The maximum Gasteiger partial charge on any atom is 0.256 e. The third-order valence-electron chi connectivity index (χ3n) is 3.66. The lowest BCUT2D eigenvalue weighted by atomic mass is 9.94. The molecule has 1 heterocycles. The highest BCUT2D eigenvalue weighted by molar-refractivity contribution is 7.80. The number of carbonyl (C=O) groups is 1. The highest BCUT2D eigenvalue weighted by atomic mass is 32.1. The van der Waals surface area contributed by atoms with Crippen LogP contribution in [-0.2, 0) is 0 Å². The first-order chi connectivity index (χ1) is 8.61. The average Bonchev–Trinajstić information content (AvgIpc) is 2.41. The smallest absolute Gasteiger partial charge is 0.256 e. The summed E-state index contributed by atoms with van der Waals surface area (Å²) in [5.41, 5.74) is 0.137. The Labute approximate surface area is 113 Å². The lowest BCUT2D eigenvalue weighted by molar-refractivity contribution is 0.0684. The molecule has 1 amide bonds. The Balaban J connectivity index is 2.10. The van der Waals surface area contributed by atoms with Crippen molar-refractivity contribution in [3.8, 4) is 0 Å². The van der Waals surface area contributed by atoms with Gasteiger partial charge in [0.2, 0.25) is 0 Å². The number of hydrogen-bond donors (Lipinski definition) is 1. The fourth-order valence-corrected chi connectivity index (χ4v) is 2.60. The number of piperidine rings is 1. The van der Waals surface area contributed by atoms with E-state index in [2.05, 4.69) is 19.6 Å². The summed E-state index contributed by atoms with van der Waals surface area (Å²) in [7, 11) is 0. The molecule has 4 heteroatoms. The van der Waals surface area contributed by atoms with Gasteiger partial charge in [-0.3, -0.25) is 4.79 Å². The van der Waals surface area contributed by atoms with Crippen LogP contribution in [0.15, 0.2) is 23.1 Å². The molecule has 0 N–H and O–H groups in total. The van der Waals surface area contributed by atoms with Crippen molar-refractivity contribution in [2.45, 2.75) is 31.1 Å². The molecule has 0 saturated carbocycles. The largest absolute Gasteiger partial charge is 0.339 e. The molecule has 1 aromatic carbocycles. The Morgan fingerprint density at radius 3 is 2.72 bits per heavy atom. The molecule has 1 saturated heterocycles. The van der Waals surface area contributed by atoms with Crippen molar-refractivity contribution >= 4 is 18.5 Å². The third-order valence-corrected chi connectivity index (χ3v) is 3.94. The summed E-state index contributed by atoms with van der Waals surface area (Å²) in [4.78, 5) is 14.6. The fraction of sp³-hybridized carbons (Fsp3) is 0.500. The second kappa shape index (κ2) is 5.74. The first-order valence-corrected chi connectivity index (χ1v) is 6.84. The predicted molar refractivity (Wildman–Crippen MR) is 72.6 cm³/mol. The minimum Gasteiger partial charge on any atom is -0.339 e. The van der Waals surface area contributed by atoms with Gasteiger partial charge in [0.15, 0.2) is 0 Å². The Bertz CT molecular complexity index is 441. The van der Waals surface area contributed by atoms with Crippen molar-refractivity contribution in [2.24, 2.45) is 5.92 Å². The SMILES string of the molecule is CCC1CCN(C(=O)c2cc(S)ccc2F)CC1. The van der Waals surface area contributed by atoms with Crippen molar-refractivity contribution in [3.63, 3.8) is 0 Å². The van der Waals surface area contributed by atoms with Gasteiger partial charge in [-0.05, 0) is 37.0 Å². The number of amides is 1. The lowest BCUT2D eigenvalue weighted by Gasteiger charge is -2.31. The molecule has 0 bridgehead atoms. The minimum atomic E-state index is -0.463. The van der Waals surface area contributed by atoms with Crippen LogP contribution in [0.1, 0.15) is 36.5 Å². The average molecular weight is 267 g/mol. The number of benzene rings is 1. The van der Waals surface area contributed by atoms with Gasteiger partial charge in [0.1, 0.15) is 5.82 Å². The number of carbonyl (C=O) groups excluding carboxylic acids is 1. The van der Waals surface area contributed by atoms with Crippen molar-refractivity contribution in [3.05, 3.63) is 29.6 Å². The van der Waals surface area contributed by atoms with Gasteiger partial charge < -0.3 is 4.90 Å². The highest BCUT2D eigenvalue weighted by Gasteiger charge is 2.24. The van der Waals surface area contributed by atoms with Gasteiger partial charge in [0.05, 0.1) is 5.56 Å². The van der Waals surface area contributed by atoms with E-state index in [-0.39, 0.29) is 11.5 Å². The van der Waals surface area contributed by atoms with Gasteiger partial charge in [-0.15, -0.1) is 12.6 Å². The van der Waals surface area contributed by atoms with Crippen LogP contribution in [0.2, 0.25) is 0 Å². The van der Waals surface area contributed by atoms with Gasteiger partial charge in [0, 0.05) is 18.0 Å². The van der Waals surface area contributed by atoms with E-state index in [9.17, 15) is 9.18 Å². The zero-order valence-electron chi connectivity index (χ0n) is 10.5. The zero-order valence-corrected chi connectivity index (χ0v) is 11.4. The van der Waals surface area contributed by atoms with Crippen LogP contribution in [0, 0.1) is 11.7 Å².